The van der Waals surface area contributed by atoms with E-state index in [2.05, 4.69) is 0 Å². The molecular weight excluding hydrogens is 274 g/mol. The minimum Gasteiger partial charge on any atom is -0.294 e. The highest BCUT2D eigenvalue weighted by Crippen LogP contribution is 2.23. The van der Waals surface area contributed by atoms with Gasteiger partial charge in [-0.2, -0.15) is 0 Å². The van der Waals surface area contributed by atoms with E-state index < -0.39 is 10.0 Å². The molecule has 0 saturated carbocycles. The normalized spacial score (nSPS) is 20.8. The van der Waals surface area contributed by atoms with Gasteiger partial charge in [-0.1, -0.05) is 37.3 Å². The van der Waals surface area contributed by atoms with Crippen LogP contribution in [0.15, 0.2) is 30.3 Å². The van der Waals surface area contributed by atoms with Crippen molar-refractivity contribution in [3.05, 3.63) is 35.9 Å². The molecule has 1 saturated heterocycles. The first kappa shape index (κ1) is 15.2. The predicted octanol–water partition coefficient (Wildman–Crippen LogP) is 2.32. The molecule has 1 atom stereocenters. The van der Waals surface area contributed by atoms with Gasteiger partial charge in [-0.3, -0.25) is 4.79 Å². The summed E-state index contributed by atoms with van der Waals surface area (Å²) >= 11 is 0. The lowest BCUT2D eigenvalue weighted by molar-refractivity contribution is 0.0872. The first-order valence-electron chi connectivity index (χ1n) is 7.11. The summed E-state index contributed by atoms with van der Waals surface area (Å²) in [5.41, 5.74) is 0.673. The summed E-state index contributed by atoms with van der Waals surface area (Å²) in [6.07, 6.45) is 2.13. The van der Waals surface area contributed by atoms with E-state index in [0.29, 0.717) is 25.1 Å². The van der Waals surface area contributed by atoms with Crippen LogP contribution >= 0.6 is 0 Å². The Kier molecular flexibility index (Phi) is 4.94. The number of Topliss-reactive ketones (excluding diaryl/α,β-unsaturated/α-hetero) is 1. The Morgan fingerprint density at radius 3 is 2.65 bits per heavy atom. The maximum absolute atomic E-state index is 12.4. The smallest absolute Gasteiger partial charge is 0.214 e. The third-order valence-electron chi connectivity index (χ3n) is 3.67. The van der Waals surface area contributed by atoms with Gasteiger partial charge in [-0.25, -0.2) is 12.7 Å². The summed E-state index contributed by atoms with van der Waals surface area (Å²) in [5.74, 6) is 0.0129. The van der Waals surface area contributed by atoms with Crippen molar-refractivity contribution >= 4 is 15.8 Å². The Morgan fingerprint density at radius 1 is 1.30 bits per heavy atom. The molecule has 0 radical (unpaired) electrons. The van der Waals surface area contributed by atoms with Crippen LogP contribution in [0.25, 0.3) is 0 Å². The molecule has 4 nitrogen and oxygen atoms in total. The summed E-state index contributed by atoms with van der Waals surface area (Å²) < 4.78 is 25.7. The largest absolute Gasteiger partial charge is 0.294 e. The Morgan fingerprint density at radius 2 is 2.00 bits per heavy atom. The van der Waals surface area contributed by atoms with Crippen LogP contribution in [0.4, 0.5) is 0 Å². The van der Waals surface area contributed by atoms with E-state index in [-0.39, 0.29) is 17.5 Å². The standard InChI is InChI=1S/C15H21NO3S/c1-2-11-20(18,19)16-10-6-9-14(12-16)15(17)13-7-4-3-5-8-13/h3-5,7-8,14H,2,6,9-12H2,1H3. The van der Waals surface area contributed by atoms with E-state index >= 15 is 0 Å². The van der Waals surface area contributed by atoms with Crippen LogP contribution < -0.4 is 0 Å². The lowest BCUT2D eigenvalue weighted by Gasteiger charge is -2.31. The van der Waals surface area contributed by atoms with Crippen molar-refractivity contribution in [1.29, 1.82) is 0 Å². The zero-order valence-electron chi connectivity index (χ0n) is 11.8. The molecule has 0 N–H and O–H groups in total. The van der Waals surface area contributed by atoms with E-state index in [4.69, 9.17) is 0 Å². The van der Waals surface area contributed by atoms with Crippen LogP contribution in [0.3, 0.4) is 0 Å². The molecule has 110 valence electrons. The second kappa shape index (κ2) is 6.50. The Labute approximate surface area is 120 Å². The van der Waals surface area contributed by atoms with Crippen LogP contribution in [0.5, 0.6) is 0 Å². The number of sulfonamides is 1. The van der Waals surface area contributed by atoms with Gasteiger partial charge in [-0.15, -0.1) is 0 Å². The number of rotatable bonds is 5. The lowest BCUT2D eigenvalue weighted by Crippen LogP contribution is -2.43. The summed E-state index contributed by atoms with van der Waals surface area (Å²) in [6.45, 7) is 2.73. The fourth-order valence-electron chi connectivity index (χ4n) is 2.63. The van der Waals surface area contributed by atoms with E-state index in [9.17, 15) is 13.2 Å². The summed E-state index contributed by atoms with van der Waals surface area (Å²) in [6, 6.07) is 9.13. The number of nitrogens with zero attached hydrogens (tertiary/aromatic N) is 1. The topological polar surface area (TPSA) is 54.5 Å². The zero-order chi connectivity index (χ0) is 14.6. The van der Waals surface area contributed by atoms with Crippen molar-refractivity contribution in [1.82, 2.24) is 4.31 Å². The van der Waals surface area contributed by atoms with Crippen LogP contribution in [-0.4, -0.2) is 37.3 Å². The molecule has 5 heteroatoms. The maximum Gasteiger partial charge on any atom is 0.214 e. The number of hydrogen-bond acceptors (Lipinski definition) is 3. The number of carbonyl (C=O) groups is 1. The fourth-order valence-corrected chi connectivity index (χ4v) is 4.22. The second-order valence-corrected chi connectivity index (χ2v) is 7.33. The summed E-state index contributed by atoms with van der Waals surface area (Å²) in [4.78, 5) is 12.4. The van der Waals surface area contributed by atoms with Gasteiger partial charge in [0.2, 0.25) is 10.0 Å². The number of benzene rings is 1. The molecule has 0 amide bonds. The van der Waals surface area contributed by atoms with Gasteiger partial charge >= 0.3 is 0 Å². The highest BCUT2D eigenvalue weighted by atomic mass is 32.2. The molecule has 1 aliphatic rings. The van der Waals surface area contributed by atoms with Gasteiger partial charge in [-0.05, 0) is 19.3 Å². The molecular formula is C15H21NO3S. The summed E-state index contributed by atoms with van der Waals surface area (Å²) in [5, 5.41) is 0. The van der Waals surface area contributed by atoms with Gasteiger partial charge in [0.25, 0.3) is 0 Å². The van der Waals surface area contributed by atoms with E-state index in [1.807, 2.05) is 25.1 Å². The first-order chi connectivity index (χ1) is 9.54. The van der Waals surface area contributed by atoms with Crippen molar-refractivity contribution < 1.29 is 13.2 Å². The predicted molar refractivity (Wildman–Crippen MR) is 79.1 cm³/mol. The van der Waals surface area contributed by atoms with Crippen LogP contribution in [-0.2, 0) is 10.0 Å². The average Bonchev–Trinajstić information content (AvgIpc) is 2.47. The number of ketones is 1. The number of carbonyl (C=O) groups excluding carboxylic acids is 1. The molecule has 0 aromatic heterocycles. The molecule has 0 bridgehead atoms. The third kappa shape index (κ3) is 3.46. The molecule has 1 aromatic rings. The van der Waals surface area contributed by atoms with E-state index in [1.54, 1.807) is 12.1 Å². The average molecular weight is 295 g/mol. The van der Waals surface area contributed by atoms with Crippen LogP contribution in [0.2, 0.25) is 0 Å². The van der Waals surface area contributed by atoms with Crippen LogP contribution in [0, 0.1) is 5.92 Å². The molecule has 2 rings (SSSR count). The minimum atomic E-state index is -3.20. The molecule has 0 aliphatic carbocycles. The van der Waals surface area contributed by atoms with Crippen molar-refractivity contribution in [2.24, 2.45) is 5.92 Å². The lowest BCUT2D eigenvalue weighted by atomic mass is 9.91. The Bertz CT molecular complexity index is 554. The highest BCUT2D eigenvalue weighted by Gasteiger charge is 2.31. The maximum atomic E-state index is 12.4. The van der Waals surface area contributed by atoms with Gasteiger partial charge in [0.1, 0.15) is 0 Å². The molecule has 1 unspecified atom stereocenters. The molecule has 1 aliphatic heterocycles. The van der Waals surface area contributed by atoms with Gasteiger partial charge < -0.3 is 0 Å². The van der Waals surface area contributed by atoms with Crippen LogP contribution in [0.1, 0.15) is 36.5 Å². The third-order valence-corrected chi connectivity index (χ3v) is 5.71. The first-order valence-corrected chi connectivity index (χ1v) is 8.72. The number of piperidine rings is 1. The van der Waals surface area contributed by atoms with Crippen molar-refractivity contribution in [2.45, 2.75) is 26.2 Å². The molecule has 1 aromatic carbocycles. The van der Waals surface area contributed by atoms with Crippen molar-refractivity contribution in [3.63, 3.8) is 0 Å². The fraction of sp³-hybridized carbons (Fsp3) is 0.533. The SMILES string of the molecule is CCCS(=O)(=O)N1CCCC(C(=O)c2ccccc2)C1. The van der Waals surface area contributed by atoms with Gasteiger partial charge in [0.15, 0.2) is 5.78 Å². The molecule has 1 fully saturated rings. The Balaban J connectivity index is 2.10. The Hall–Kier alpha value is -1.20. The zero-order valence-corrected chi connectivity index (χ0v) is 12.6. The molecule has 1 heterocycles. The highest BCUT2D eigenvalue weighted by molar-refractivity contribution is 7.89. The molecule has 20 heavy (non-hydrogen) atoms. The number of hydrogen-bond donors (Lipinski definition) is 0. The minimum absolute atomic E-state index is 0.0574. The second-order valence-electron chi connectivity index (χ2n) is 5.24. The van der Waals surface area contributed by atoms with E-state index in [1.165, 1.54) is 4.31 Å². The van der Waals surface area contributed by atoms with Crippen molar-refractivity contribution in [3.8, 4) is 0 Å². The monoisotopic (exact) mass is 295 g/mol. The summed E-state index contributed by atoms with van der Waals surface area (Å²) in [7, 11) is -3.20. The van der Waals surface area contributed by atoms with E-state index in [0.717, 1.165) is 12.8 Å². The van der Waals surface area contributed by atoms with Gasteiger partial charge in [0.05, 0.1) is 5.75 Å². The van der Waals surface area contributed by atoms with Crippen molar-refractivity contribution in [2.75, 3.05) is 18.8 Å². The van der Waals surface area contributed by atoms with Gasteiger partial charge in [0, 0.05) is 24.6 Å². The molecule has 0 spiro atoms. The quantitative estimate of drug-likeness (QED) is 0.783.